The molecule has 1 heterocycles. The fourth-order valence-electron chi connectivity index (χ4n) is 3.33. The van der Waals surface area contributed by atoms with Crippen molar-refractivity contribution in [3.05, 3.63) is 53.6 Å². The van der Waals surface area contributed by atoms with Crippen LogP contribution in [-0.2, 0) is 0 Å². The van der Waals surface area contributed by atoms with Crippen LogP contribution in [0.1, 0.15) is 76.5 Å². The van der Waals surface area contributed by atoms with Crippen molar-refractivity contribution in [1.82, 2.24) is 0 Å². The third-order valence-corrected chi connectivity index (χ3v) is 5.27. The van der Waals surface area contributed by atoms with Crippen LogP contribution >= 0.6 is 0 Å². The molecule has 0 saturated heterocycles. The highest BCUT2D eigenvalue weighted by atomic mass is 16.5. The van der Waals surface area contributed by atoms with Crippen LogP contribution in [0, 0.1) is 0 Å². The number of hydrogen-bond donors (Lipinski definition) is 0. The van der Waals surface area contributed by atoms with Crippen LogP contribution in [-0.4, -0.2) is 19.8 Å². The van der Waals surface area contributed by atoms with Gasteiger partial charge in [-0.25, -0.2) is 0 Å². The van der Waals surface area contributed by atoms with Crippen LogP contribution in [0.3, 0.4) is 0 Å². The Morgan fingerprint density at radius 2 is 1.35 bits per heavy atom. The highest BCUT2D eigenvalue weighted by Crippen LogP contribution is 2.41. The highest BCUT2D eigenvalue weighted by Gasteiger charge is 2.21. The molecule has 1 aliphatic heterocycles. The standard InChI is InChI=1S/C27H36O4/c1-4-7-16-28-22-12-10-21(11-13-22)25-15-14-24-26(30-18-9-6-3)19-23(20-27(24)31-25)29-17-8-5-2/h10-15,19-20,25H,4-9,16-18H2,1-3H3. The van der Waals surface area contributed by atoms with E-state index in [1.807, 2.05) is 24.3 Å². The van der Waals surface area contributed by atoms with E-state index in [1.54, 1.807) is 0 Å². The van der Waals surface area contributed by atoms with E-state index in [4.69, 9.17) is 18.9 Å². The third kappa shape index (κ3) is 6.68. The highest BCUT2D eigenvalue weighted by molar-refractivity contribution is 5.69. The van der Waals surface area contributed by atoms with Crippen LogP contribution in [0.25, 0.3) is 6.08 Å². The van der Waals surface area contributed by atoms with Gasteiger partial charge in [-0.1, -0.05) is 52.2 Å². The average molecular weight is 425 g/mol. The van der Waals surface area contributed by atoms with Crippen molar-refractivity contribution in [2.45, 2.75) is 65.4 Å². The molecule has 1 atom stereocenters. The van der Waals surface area contributed by atoms with Crippen molar-refractivity contribution in [3.63, 3.8) is 0 Å². The Bertz CT molecular complexity index is 826. The molecule has 0 saturated carbocycles. The van der Waals surface area contributed by atoms with Gasteiger partial charge in [0.1, 0.15) is 29.1 Å². The summed E-state index contributed by atoms with van der Waals surface area (Å²) in [7, 11) is 0. The minimum atomic E-state index is -0.147. The smallest absolute Gasteiger partial charge is 0.142 e. The summed E-state index contributed by atoms with van der Waals surface area (Å²) in [4.78, 5) is 0. The van der Waals surface area contributed by atoms with Gasteiger partial charge in [-0.2, -0.15) is 0 Å². The van der Waals surface area contributed by atoms with Crippen LogP contribution in [0.15, 0.2) is 42.5 Å². The molecule has 1 unspecified atom stereocenters. The first-order valence-corrected chi connectivity index (χ1v) is 11.8. The molecule has 0 spiro atoms. The summed E-state index contributed by atoms with van der Waals surface area (Å²) in [6.45, 7) is 8.63. The first kappa shape index (κ1) is 23.1. The van der Waals surface area contributed by atoms with E-state index in [-0.39, 0.29) is 6.10 Å². The zero-order valence-corrected chi connectivity index (χ0v) is 19.2. The SMILES string of the molecule is CCCCOc1ccc(C2C=Cc3c(OCCCC)cc(OCCCC)cc3O2)cc1. The zero-order valence-electron chi connectivity index (χ0n) is 19.2. The molecule has 4 heteroatoms. The Morgan fingerprint density at radius 1 is 0.742 bits per heavy atom. The summed E-state index contributed by atoms with van der Waals surface area (Å²) in [6, 6.07) is 12.1. The van der Waals surface area contributed by atoms with Crippen LogP contribution in [0.5, 0.6) is 23.0 Å². The Kier molecular flexibility index (Phi) is 9.14. The largest absolute Gasteiger partial charge is 0.494 e. The molecule has 31 heavy (non-hydrogen) atoms. The molecule has 0 aromatic heterocycles. The van der Waals surface area contributed by atoms with Crippen molar-refractivity contribution in [2.24, 2.45) is 0 Å². The van der Waals surface area contributed by atoms with Crippen molar-refractivity contribution in [1.29, 1.82) is 0 Å². The second-order valence-electron chi connectivity index (χ2n) is 7.91. The summed E-state index contributed by atoms with van der Waals surface area (Å²) in [5.74, 6) is 3.33. The molecule has 0 fully saturated rings. The average Bonchev–Trinajstić information content (AvgIpc) is 2.79. The van der Waals surface area contributed by atoms with Gasteiger partial charge in [0, 0.05) is 12.1 Å². The van der Waals surface area contributed by atoms with E-state index in [1.165, 1.54) is 0 Å². The second kappa shape index (κ2) is 12.3. The number of fused-ring (bicyclic) bond motifs is 1. The van der Waals surface area contributed by atoms with Crippen molar-refractivity contribution >= 4 is 6.08 Å². The minimum absolute atomic E-state index is 0.147. The van der Waals surface area contributed by atoms with Crippen LogP contribution < -0.4 is 18.9 Å². The summed E-state index contributed by atoms with van der Waals surface area (Å²) in [5, 5.41) is 0. The van der Waals surface area contributed by atoms with Gasteiger partial charge < -0.3 is 18.9 Å². The molecule has 3 rings (SSSR count). The lowest BCUT2D eigenvalue weighted by molar-refractivity contribution is 0.242. The fraction of sp³-hybridized carbons (Fsp3) is 0.481. The maximum absolute atomic E-state index is 6.36. The third-order valence-electron chi connectivity index (χ3n) is 5.27. The lowest BCUT2D eigenvalue weighted by Gasteiger charge is -2.24. The Morgan fingerprint density at radius 3 is 2.00 bits per heavy atom. The van der Waals surface area contributed by atoms with Crippen LogP contribution in [0.2, 0.25) is 0 Å². The monoisotopic (exact) mass is 424 g/mol. The molecule has 1 aliphatic rings. The predicted molar refractivity (Wildman–Crippen MR) is 126 cm³/mol. The molecule has 0 radical (unpaired) electrons. The molecule has 0 bridgehead atoms. The minimum Gasteiger partial charge on any atom is -0.494 e. The van der Waals surface area contributed by atoms with Gasteiger partial charge in [-0.05, 0) is 49.1 Å². The molecule has 2 aromatic rings. The number of benzene rings is 2. The molecule has 0 amide bonds. The maximum atomic E-state index is 6.36. The molecular weight excluding hydrogens is 388 g/mol. The predicted octanol–water partition coefficient (Wildman–Crippen LogP) is 7.37. The van der Waals surface area contributed by atoms with Crippen molar-refractivity contribution in [3.8, 4) is 23.0 Å². The Hall–Kier alpha value is -2.62. The molecule has 168 valence electrons. The van der Waals surface area contributed by atoms with Crippen molar-refractivity contribution < 1.29 is 18.9 Å². The van der Waals surface area contributed by atoms with Crippen molar-refractivity contribution in [2.75, 3.05) is 19.8 Å². The van der Waals surface area contributed by atoms with E-state index >= 15 is 0 Å². The van der Waals surface area contributed by atoms with Gasteiger partial charge >= 0.3 is 0 Å². The van der Waals surface area contributed by atoms with Gasteiger partial charge in [0.05, 0.1) is 25.4 Å². The van der Waals surface area contributed by atoms with Gasteiger partial charge in [-0.3, -0.25) is 0 Å². The summed E-state index contributed by atoms with van der Waals surface area (Å²) in [5.41, 5.74) is 2.07. The van der Waals surface area contributed by atoms with Gasteiger partial charge in [0.2, 0.25) is 0 Å². The molecular formula is C27H36O4. The molecule has 0 aliphatic carbocycles. The lowest BCUT2D eigenvalue weighted by atomic mass is 10.0. The topological polar surface area (TPSA) is 36.9 Å². The van der Waals surface area contributed by atoms with E-state index in [0.29, 0.717) is 13.2 Å². The summed E-state index contributed by atoms with van der Waals surface area (Å²) < 4.78 is 24.2. The van der Waals surface area contributed by atoms with E-state index < -0.39 is 0 Å². The maximum Gasteiger partial charge on any atom is 0.142 e. The van der Waals surface area contributed by atoms with E-state index in [2.05, 4.69) is 45.1 Å². The normalized spacial score (nSPS) is 14.6. The quantitative estimate of drug-likeness (QED) is 0.315. The Labute approximate surface area is 187 Å². The first-order valence-electron chi connectivity index (χ1n) is 11.8. The molecule has 0 N–H and O–H groups in total. The summed E-state index contributed by atoms with van der Waals surface area (Å²) in [6.07, 6.45) is 10.5. The number of unbranched alkanes of at least 4 members (excludes halogenated alkanes) is 3. The molecule has 4 nitrogen and oxygen atoms in total. The van der Waals surface area contributed by atoms with E-state index in [0.717, 1.165) is 79.3 Å². The summed E-state index contributed by atoms with van der Waals surface area (Å²) >= 11 is 0. The van der Waals surface area contributed by atoms with Gasteiger partial charge in [0.15, 0.2) is 0 Å². The van der Waals surface area contributed by atoms with E-state index in [9.17, 15) is 0 Å². The zero-order chi connectivity index (χ0) is 21.9. The fourth-order valence-corrected chi connectivity index (χ4v) is 3.33. The lowest BCUT2D eigenvalue weighted by Crippen LogP contribution is -2.11. The molecule has 2 aromatic carbocycles. The first-order chi connectivity index (χ1) is 15.2. The Balaban J connectivity index is 1.75. The number of rotatable bonds is 13. The number of ether oxygens (including phenoxy) is 4. The number of hydrogen-bond acceptors (Lipinski definition) is 4. The van der Waals surface area contributed by atoms with Gasteiger partial charge in [-0.15, -0.1) is 0 Å². The second-order valence-corrected chi connectivity index (χ2v) is 7.91. The van der Waals surface area contributed by atoms with Crippen LogP contribution in [0.4, 0.5) is 0 Å². The van der Waals surface area contributed by atoms with Gasteiger partial charge in [0.25, 0.3) is 0 Å².